The quantitative estimate of drug-likeness (QED) is 0.781. The van der Waals surface area contributed by atoms with E-state index in [4.69, 9.17) is 0 Å². The Morgan fingerprint density at radius 2 is 1.57 bits per heavy atom. The van der Waals surface area contributed by atoms with Crippen LogP contribution in [-0.4, -0.2) is 21.6 Å². The third-order valence-electron chi connectivity index (χ3n) is 3.44. The normalized spacial score (nSPS) is 10.5. The second-order valence-corrected chi connectivity index (χ2v) is 5.20. The molecule has 0 atom stereocenters. The number of nitrogens with one attached hydrogen (secondary N) is 2. The summed E-state index contributed by atoms with van der Waals surface area (Å²) in [5, 5.41) is 10.6. The molecule has 116 valence electrons. The Morgan fingerprint density at radius 3 is 2.22 bits per heavy atom. The van der Waals surface area contributed by atoms with Gasteiger partial charge in [0.05, 0.1) is 5.52 Å². The lowest BCUT2D eigenvalue weighted by Crippen LogP contribution is -2.13. The van der Waals surface area contributed by atoms with E-state index in [1.165, 1.54) is 6.92 Å². The van der Waals surface area contributed by atoms with Crippen molar-refractivity contribution in [3.8, 4) is 0 Å². The summed E-state index contributed by atoms with van der Waals surface area (Å²) in [6.07, 6.45) is 0. The number of rotatable bonds is 3. The zero-order chi connectivity index (χ0) is 16.4. The molecule has 2 N–H and O–H groups in total. The fourth-order valence-corrected chi connectivity index (χ4v) is 2.41. The number of hydrogen-bond donors (Lipinski definition) is 2. The predicted octanol–water partition coefficient (Wildman–Crippen LogP) is 2.78. The molecular weight excluding hydrogens is 292 g/mol. The first kappa shape index (κ1) is 14.8. The van der Waals surface area contributed by atoms with Crippen LogP contribution in [0, 0.1) is 0 Å². The molecule has 2 amide bonds. The highest BCUT2D eigenvalue weighted by atomic mass is 16.2. The van der Waals surface area contributed by atoms with Crippen molar-refractivity contribution in [2.75, 3.05) is 10.6 Å². The summed E-state index contributed by atoms with van der Waals surface area (Å²) < 4.78 is 1.68. The topological polar surface area (TPSA) is 76.0 Å². The van der Waals surface area contributed by atoms with Crippen molar-refractivity contribution in [2.45, 2.75) is 6.92 Å². The molecule has 0 radical (unpaired) electrons. The molecular formula is C17H16N4O2. The third-order valence-corrected chi connectivity index (χ3v) is 3.44. The van der Waals surface area contributed by atoms with Crippen LogP contribution < -0.4 is 10.6 Å². The van der Waals surface area contributed by atoms with E-state index < -0.39 is 0 Å². The summed E-state index contributed by atoms with van der Waals surface area (Å²) in [6.45, 7) is 1.45. The van der Waals surface area contributed by atoms with Crippen LogP contribution in [0.1, 0.15) is 17.4 Å². The molecule has 0 unspecified atom stereocenters. The molecule has 23 heavy (non-hydrogen) atoms. The first-order valence-electron chi connectivity index (χ1n) is 7.15. The van der Waals surface area contributed by atoms with E-state index in [0.29, 0.717) is 17.1 Å². The summed E-state index contributed by atoms with van der Waals surface area (Å²) in [5.41, 5.74) is 2.60. The molecule has 2 aromatic carbocycles. The van der Waals surface area contributed by atoms with Gasteiger partial charge in [-0.05, 0) is 30.3 Å². The first-order valence-corrected chi connectivity index (χ1v) is 7.15. The highest BCUT2D eigenvalue weighted by molar-refractivity contribution is 6.11. The van der Waals surface area contributed by atoms with Crippen molar-refractivity contribution in [1.82, 2.24) is 9.78 Å². The number of aryl methyl sites for hydroxylation is 1. The van der Waals surface area contributed by atoms with Gasteiger partial charge in [0.15, 0.2) is 5.69 Å². The van der Waals surface area contributed by atoms with Gasteiger partial charge >= 0.3 is 0 Å². The number of para-hydroxylation sites is 1. The number of carbonyl (C=O) groups excluding carboxylic acids is 2. The molecule has 0 aliphatic rings. The Hall–Kier alpha value is -3.15. The Balaban J connectivity index is 1.82. The van der Waals surface area contributed by atoms with Crippen molar-refractivity contribution in [3.05, 3.63) is 54.2 Å². The molecule has 0 saturated carbocycles. The van der Waals surface area contributed by atoms with Crippen LogP contribution in [0.5, 0.6) is 0 Å². The average Bonchev–Trinajstić information content (AvgIpc) is 2.86. The minimum atomic E-state index is -0.269. The number of carbonyl (C=O) groups is 2. The van der Waals surface area contributed by atoms with Gasteiger partial charge < -0.3 is 10.6 Å². The Kier molecular flexibility index (Phi) is 3.80. The highest BCUT2D eigenvalue weighted by Gasteiger charge is 2.15. The maximum absolute atomic E-state index is 12.4. The molecule has 3 rings (SSSR count). The summed E-state index contributed by atoms with van der Waals surface area (Å²) in [6, 6.07) is 14.5. The van der Waals surface area contributed by atoms with Gasteiger partial charge in [-0.15, -0.1) is 0 Å². The molecule has 3 aromatic rings. The van der Waals surface area contributed by atoms with E-state index in [1.807, 2.05) is 24.3 Å². The van der Waals surface area contributed by atoms with Gasteiger partial charge in [-0.1, -0.05) is 18.2 Å². The van der Waals surface area contributed by atoms with Crippen LogP contribution in [0.15, 0.2) is 48.5 Å². The largest absolute Gasteiger partial charge is 0.326 e. The van der Waals surface area contributed by atoms with Gasteiger partial charge in [-0.3, -0.25) is 14.3 Å². The number of aromatic nitrogens is 2. The van der Waals surface area contributed by atoms with E-state index in [9.17, 15) is 9.59 Å². The number of anilines is 2. The van der Waals surface area contributed by atoms with Crippen LogP contribution >= 0.6 is 0 Å². The summed E-state index contributed by atoms with van der Waals surface area (Å²) >= 11 is 0. The molecule has 0 aliphatic heterocycles. The Bertz CT molecular complexity index is 881. The number of fused-ring (bicyclic) bond motifs is 1. The predicted molar refractivity (Wildman–Crippen MR) is 89.4 cm³/mol. The van der Waals surface area contributed by atoms with Gasteiger partial charge in [-0.25, -0.2) is 0 Å². The lowest BCUT2D eigenvalue weighted by Gasteiger charge is -2.06. The van der Waals surface area contributed by atoms with Crippen molar-refractivity contribution in [3.63, 3.8) is 0 Å². The Labute approximate surface area is 133 Å². The van der Waals surface area contributed by atoms with E-state index >= 15 is 0 Å². The minimum Gasteiger partial charge on any atom is -0.326 e. The monoisotopic (exact) mass is 308 g/mol. The van der Waals surface area contributed by atoms with Crippen LogP contribution in [0.3, 0.4) is 0 Å². The van der Waals surface area contributed by atoms with Crippen molar-refractivity contribution < 1.29 is 9.59 Å². The summed E-state index contributed by atoms with van der Waals surface area (Å²) in [7, 11) is 1.81. The maximum Gasteiger partial charge on any atom is 0.276 e. The lowest BCUT2D eigenvalue weighted by atomic mass is 10.2. The van der Waals surface area contributed by atoms with E-state index in [2.05, 4.69) is 15.7 Å². The molecule has 1 aromatic heterocycles. The fraction of sp³-hybridized carbons (Fsp3) is 0.118. The minimum absolute atomic E-state index is 0.137. The number of nitrogens with zero attached hydrogens (tertiary/aromatic N) is 2. The number of hydrogen-bond acceptors (Lipinski definition) is 3. The van der Waals surface area contributed by atoms with Crippen LogP contribution in [0.25, 0.3) is 10.9 Å². The molecule has 6 nitrogen and oxygen atoms in total. The smallest absolute Gasteiger partial charge is 0.276 e. The van der Waals surface area contributed by atoms with E-state index in [0.717, 1.165) is 10.9 Å². The zero-order valence-electron chi connectivity index (χ0n) is 12.8. The molecule has 0 saturated heterocycles. The van der Waals surface area contributed by atoms with Crippen molar-refractivity contribution >= 4 is 34.1 Å². The standard InChI is InChI=1S/C17H16N4O2/c1-11(22)18-12-7-9-13(10-8-12)19-17(23)16-14-5-3-4-6-15(14)21(2)20-16/h3-10H,1-2H3,(H,18,22)(H,19,23). The Morgan fingerprint density at radius 1 is 0.957 bits per heavy atom. The first-order chi connectivity index (χ1) is 11.0. The van der Waals surface area contributed by atoms with Gasteiger partial charge in [-0.2, -0.15) is 5.10 Å². The fourth-order valence-electron chi connectivity index (χ4n) is 2.41. The lowest BCUT2D eigenvalue weighted by molar-refractivity contribution is -0.114. The van der Waals surface area contributed by atoms with E-state index in [-0.39, 0.29) is 11.8 Å². The molecule has 0 aliphatic carbocycles. The van der Waals surface area contributed by atoms with Crippen LogP contribution in [0.2, 0.25) is 0 Å². The van der Waals surface area contributed by atoms with E-state index in [1.54, 1.807) is 36.0 Å². The van der Waals surface area contributed by atoms with Gasteiger partial charge in [0.1, 0.15) is 0 Å². The highest BCUT2D eigenvalue weighted by Crippen LogP contribution is 2.19. The van der Waals surface area contributed by atoms with Crippen molar-refractivity contribution in [2.24, 2.45) is 7.05 Å². The maximum atomic E-state index is 12.4. The summed E-state index contributed by atoms with van der Waals surface area (Å²) in [5.74, 6) is -0.407. The van der Waals surface area contributed by atoms with Crippen LogP contribution in [0.4, 0.5) is 11.4 Å². The average molecular weight is 308 g/mol. The van der Waals surface area contributed by atoms with Gasteiger partial charge in [0, 0.05) is 30.7 Å². The number of amides is 2. The van der Waals surface area contributed by atoms with Gasteiger partial charge in [0.25, 0.3) is 5.91 Å². The second-order valence-electron chi connectivity index (χ2n) is 5.20. The van der Waals surface area contributed by atoms with Crippen molar-refractivity contribution in [1.29, 1.82) is 0 Å². The molecule has 6 heteroatoms. The van der Waals surface area contributed by atoms with Gasteiger partial charge in [0.2, 0.25) is 5.91 Å². The summed E-state index contributed by atoms with van der Waals surface area (Å²) in [4.78, 5) is 23.4. The second kappa shape index (κ2) is 5.92. The molecule has 0 fully saturated rings. The molecule has 0 bridgehead atoms. The third kappa shape index (κ3) is 3.06. The molecule has 0 spiro atoms. The number of benzene rings is 2. The van der Waals surface area contributed by atoms with Crippen LogP contribution in [-0.2, 0) is 11.8 Å². The zero-order valence-corrected chi connectivity index (χ0v) is 12.8. The molecule has 1 heterocycles. The SMILES string of the molecule is CC(=O)Nc1ccc(NC(=O)c2nn(C)c3ccccc23)cc1.